The number of rotatable bonds is 3. The second kappa shape index (κ2) is 5.59. The Morgan fingerprint density at radius 1 is 1.06 bits per heavy atom. The maximum absolute atomic E-state index is 9.53. The van der Waals surface area contributed by atoms with Crippen molar-refractivity contribution in [3.63, 3.8) is 0 Å². The van der Waals surface area contributed by atoms with E-state index in [4.69, 9.17) is 0 Å². The van der Waals surface area contributed by atoms with Crippen LogP contribution in [0.3, 0.4) is 0 Å². The minimum absolute atomic E-state index is 0.129. The van der Waals surface area contributed by atoms with Gasteiger partial charge in [-0.15, -0.1) is 0 Å². The number of nitrogens with zero attached hydrogens (tertiary/aromatic N) is 2. The quantitative estimate of drug-likeness (QED) is 0.858. The lowest BCUT2D eigenvalue weighted by molar-refractivity contribution is 0.106. The zero-order chi connectivity index (χ0) is 13.1. The Kier molecular flexibility index (Phi) is 4.09. The molecule has 0 radical (unpaired) electrons. The number of benzene rings is 1. The van der Waals surface area contributed by atoms with E-state index in [9.17, 15) is 10.2 Å². The van der Waals surface area contributed by atoms with Gasteiger partial charge >= 0.3 is 0 Å². The standard InChI is InChI=1S/C14H22N2O2/c1-3-15-4-6-16(7-5-15)11(2)12-8-13(17)10-14(18)9-12/h8-11,17-18H,3-7H2,1-2H3. The van der Waals surface area contributed by atoms with E-state index in [0.29, 0.717) is 0 Å². The van der Waals surface area contributed by atoms with E-state index in [1.807, 2.05) is 0 Å². The highest BCUT2D eigenvalue weighted by molar-refractivity contribution is 5.38. The molecule has 0 amide bonds. The summed E-state index contributed by atoms with van der Waals surface area (Å²) < 4.78 is 0. The average molecular weight is 250 g/mol. The van der Waals surface area contributed by atoms with Crippen LogP contribution in [-0.4, -0.2) is 52.7 Å². The largest absolute Gasteiger partial charge is 0.508 e. The lowest BCUT2D eigenvalue weighted by Gasteiger charge is -2.37. The highest BCUT2D eigenvalue weighted by Gasteiger charge is 2.21. The smallest absolute Gasteiger partial charge is 0.119 e. The van der Waals surface area contributed by atoms with Crippen LogP contribution in [0.5, 0.6) is 11.5 Å². The summed E-state index contributed by atoms with van der Waals surface area (Å²) >= 11 is 0. The minimum Gasteiger partial charge on any atom is -0.508 e. The van der Waals surface area contributed by atoms with Crippen molar-refractivity contribution in [2.24, 2.45) is 0 Å². The molecule has 2 N–H and O–H groups in total. The van der Waals surface area contributed by atoms with Crippen molar-refractivity contribution >= 4 is 0 Å². The van der Waals surface area contributed by atoms with Crippen LogP contribution in [-0.2, 0) is 0 Å². The molecule has 100 valence electrons. The van der Waals surface area contributed by atoms with Crippen molar-refractivity contribution in [2.75, 3.05) is 32.7 Å². The van der Waals surface area contributed by atoms with Crippen molar-refractivity contribution in [1.82, 2.24) is 9.80 Å². The molecule has 2 rings (SSSR count). The van der Waals surface area contributed by atoms with E-state index < -0.39 is 0 Å². The Labute approximate surface area is 108 Å². The van der Waals surface area contributed by atoms with Gasteiger partial charge in [-0.2, -0.15) is 0 Å². The summed E-state index contributed by atoms with van der Waals surface area (Å²) in [5, 5.41) is 19.1. The van der Waals surface area contributed by atoms with Gasteiger partial charge in [0.25, 0.3) is 0 Å². The Balaban J connectivity index is 2.05. The Morgan fingerprint density at radius 3 is 2.11 bits per heavy atom. The minimum atomic E-state index is 0.129. The third-order valence-electron chi connectivity index (χ3n) is 3.81. The van der Waals surface area contributed by atoms with Crippen molar-refractivity contribution in [3.8, 4) is 11.5 Å². The molecule has 1 unspecified atom stereocenters. The van der Waals surface area contributed by atoms with Gasteiger partial charge in [0, 0.05) is 38.3 Å². The molecule has 1 heterocycles. The molecule has 0 bridgehead atoms. The lowest BCUT2D eigenvalue weighted by atomic mass is 10.1. The van der Waals surface area contributed by atoms with E-state index in [1.165, 1.54) is 6.07 Å². The first-order valence-corrected chi connectivity index (χ1v) is 6.59. The van der Waals surface area contributed by atoms with Crippen LogP contribution in [0.1, 0.15) is 25.5 Å². The summed E-state index contributed by atoms with van der Waals surface area (Å²) in [4.78, 5) is 4.82. The van der Waals surface area contributed by atoms with E-state index in [1.54, 1.807) is 12.1 Å². The van der Waals surface area contributed by atoms with Gasteiger partial charge in [0.2, 0.25) is 0 Å². The maximum Gasteiger partial charge on any atom is 0.119 e. The average Bonchev–Trinajstić information content (AvgIpc) is 2.37. The lowest BCUT2D eigenvalue weighted by Crippen LogP contribution is -2.46. The van der Waals surface area contributed by atoms with Gasteiger partial charge in [-0.1, -0.05) is 6.92 Å². The molecule has 1 aliphatic heterocycles. The summed E-state index contributed by atoms with van der Waals surface area (Å²) in [6, 6.07) is 5.06. The van der Waals surface area contributed by atoms with Gasteiger partial charge in [0.1, 0.15) is 11.5 Å². The summed E-state index contributed by atoms with van der Waals surface area (Å²) in [6.45, 7) is 9.66. The molecule has 4 heteroatoms. The summed E-state index contributed by atoms with van der Waals surface area (Å²) in [6.07, 6.45) is 0. The molecule has 4 nitrogen and oxygen atoms in total. The Hall–Kier alpha value is -1.26. The molecule has 1 fully saturated rings. The van der Waals surface area contributed by atoms with E-state index in [2.05, 4.69) is 23.6 Å². The predicted octanol–water partition coefficient (Wildman–Crippen LogP) is 1.80. The number of hydrogen-bond donors (Lipinski definition) is 2. The number of likely N-dealkylation sites (N-methyl/N-ethyl adjacent to an activating group) is 1. The molecular weight excluding hydrogens is 228 g/mol. The second-order valence-corrected chi connectivity index (χ2v) is 4.93. The van der Waals surface area contributed by atoms with Crippen molar-refractivity contribution in [3.05, 3.63) is 23.8 Å². The topological polar surface area (TPSA) is 46.9 Å². The summed E-state index contributed by atoms with van der Waals surface area (Å²) in [5.74, 6) is 0.257. The van der Waals surface area contributed by atoms with Crippen molar-refractivity contribution in [2.45, 2.75) is 19.9 Å². The highest BCUT2D eigenvalue weighted by atomic mass is 16.3. The third kappa shape index (κ3) is 2.94. The van der Waals surface area contributed by atoms with Crippen molar-refractivity contribution in [1.29, 1.82) is 0 Å². The van der Waals surface area contributed by atoms with Crippen molar-refractivity contribution < 1.29 is 10.2 Å². The molecule has 0 aliphatic carbocycles. The molecule has 0 aromatic heterocycles. The van der Waals surface area contributed by atoms with Gasteiger partial charge in [0.15, 0.2) is 0 Å². The van der Waals surface area contributed by atoms with E-state index >= 15 is 0 Å². The fourth-order valence-electron chi connectivity index (χ4n) is 2.54. The van der Waals surface area contributed by atoms with Gasteiger partial charge in [-0.25, -0.2) is 0 Å². The number of aromatic hydroxyl groups is 2. The monoisotopic (exact) mass is 250 g/mol. The third-order valence-corrected chi connectivity index (χ3v) is 3.81. The number of piperazine rings is 1. The molecule has 1 aliphatic rings. The molecule has 18 heavy (non-hydrogen) atoms. The first-order valence-electron chi connectivity index (χ1n) is 6.59. The van der Waals surface area contributed by atoms with Gasteiger partial charge in [-0.05, 0) is 31.2 Å². The number of hydrogen-bond acceptors (Lipinski definition) is 4. The van der Waals surface area contributed by atoms with Gasteiger partial charge in [0.05, 0.1) is 0 Å². The number of phenols is 2. The fraction of sp³-hybridized carbons (Fsp3) is 0.571. The molecule has 1 atom stereocenters. The predicted molar refractivity (Wildman–Crippen MR) is 71.9 cm³/mol. The molecule has 1 aromatic rings. The van der Waals surface area contributed by atoms with E-state index in [-0.39, 0.29) is 17.5 Å². The van der Waals surface area contributed by atoms with Crippen LogP contribution >= 0.6 is 0 Å². The molecule has 0 spiro atoms. The first kappa shape index (κ1) is 13.2. The van der Waals surface area contributed by atoms with Gasteiger partial charge < -0.3 is 15.1 Å². The van der Waals surface area contributed by atoms with E-state index in [0.717, 1.165) is 38.3 Å². The molecular formula is C14H22N2O2. The number of phenolic OH excluding ortho intramolecular Hbond substituents is 2. The fourth-order valence-corrected chi connectivity index (χ4v) is 2.54. The summed E-state index contributed by atoms with van der Waals surface area (Å²) in [5.41, 5.74) is 0.970. The van der Waals surface area contributed by atoms with Crippen LogP contribution < -0.4 is 0 Å². The Bertz CT molecular complexity index is 381. The Morgan fingerprint density at radius 2 is 1.61 bits per heavy atom. The zero-order valence-electron chi connectivity index (χ0n) is 11.1. The van der Waals surface area contributed by atoms with Crippen LogP contribution in [0.4, 0.5) is 0 Å². The normalized spacial score (nSPS) is 19.9. The second-order valence-electron chi connectivity index (χ2n) is 4.93. The van der Waals surface area contributed by atoms with Crippen LogP contribution in [0.25, 0.3) is 0 Å². The van der Waals surface area contributed by atoms with Crippen LogP contribution in [0, 0.1) is 0 Å². The first-order chi connectivity index (χ1) is 8.60. The molecule has 1 aromatic carbocycles. The highest BCUT2D eigenvalue weighted by Crippen LogP contribution is 2.28. The van der Waals surface area contributed by atoms with Crippen LogP contribution in [0.2, 0.25) is 0 Å². The summed E-state index contributed by atoms with van der Waals surface area (Å²) in [7, 11) is 0. The SMILES string of the molecule is CCN1CCN(C(C)c2cc(O)cc(O)c2)CC1. The zero-order valence-corrected chi connectivity index (χ0v) is 11.1. The van der Waals surface area contributed by atoms with Gasteiger partial charge in [-0.3, -0.25) is 4.90 Å². The van der Waals surface area contributed by atoms with Crippen LogP contribution in [0.15, 0.2) is 18.2 Å². The molecule has 1 saturated heterocycles. The maximum atomic E-state index is 9.53. The molecule has 0 saturated carbocycles.